The standard InChI is InChI=1S/C16H21N3OS/c1-4-12-7-6-8-13(5-2)15(12)18-16(17)21-10-14-9-11(3)20-19-14/h6-9H,4-5,10H2,1-3H3,(H2,17,18). The third kappa shape index (κ3) is 4.11. The fourth-order valence-electron chi connectivity index (χ4n) is 2.14. The maximum atomic E-state index is 6.06. The van der Waals surface area contributed by atoms with E-state index in [2.05, 4.69) is 42.2 Å². The van der Waals surface area contributed by atoms with Crippen LogP contribution in [0, 0.1) is 6.92 Å². The molecule has 2 N–H and O–H groups in total. The number of hydrogen-bond donors (Lipinski definition) is 1. The molecule has 0 aliphatic carbocycles. The number of benzene rings is 1. The smallest absolute Gasteiger partial charge is 0.159 e. The van der Waals surface area contributed by atoms with Crippen LogP contribution in [0.2, 0.25) is 0 Å². The first-order valence-corrected chi connectivity index (χ1v) is 8.12. The highest BCUT2D eigenvalue weighted by Gasteiger charge is 2.07. The lowest BCUT2D eigenvalue weighted by molar-refractivity contribution is 0.393. The van der Waals surface area contributed by atoms with Crippen molar-refractivity contribution in [3.8, 4) is 0 Å². The molecular formula is C16H21N3OS. The van der Waals surface area contributed by atoms with Crippen LogP contribution in [0.1, 0.15) is 36.4 Å². The highest BCUT2D eigenvalue weighted by molar-refractivity contribution is 8.13. The summed E-state index contributed by atoms with van der Waals surface area (Å²) in [6, 6.07) is 8.21. The van der Waals surface area contributed by atoms with Gasteiger partial charge in [-0.05, 0) is 30.9 Å². The average molecular weight is 303 g/mol. The summed E-state index contributed by atoms with van der Waals surface area (Å²) in [6.07, 6.45) is 1.90. The molecule has 0 radical (unpaired) electrons. The molecular weight excluding hydrogens is 282 g/mol. The van der Waals surface area contributed by atoms with Crippen LogP contribution in [-0.2, 0) is 18.6 Å². The van der Waals surface area contributed by atoms with Gasteiger partial charge in [0.25, 0.3) is 0 Å². The topological polar surface area (TPSA) is 64.4 Å². The largest absolute Gasteiger partial charge is 0.378 e. The molecule has 0 unspecified atom stereocenters. The van der Waals surface area contributed by atoms with E-state index in [9.17, 15) is 0 Å². The van der Waals surface area contributed by atoms with Gasteiger partial charge in [-0.2, -0.15) is 0 Å². The van der Waals surface area contributed by atoms with Crippen molar-refractivity contribution in [2.75, 3.05) is 0 Å². The van der Waals surface area contributed by atoms with Crippen molar-refractivity contribution >= 4 is 22.6 Å². The molecule has 0 spiro atoms. The first-order chi connectivity index (χ1) is 10.1. The van der Waals surface area contributed by atoms with E-state index in [-0.39, 0.29) is 0 Å². The Hall–Kier alpha value is -1.75. The molecule has 0 bridgehead atoms. The van der Waals surface area contributed by atoms with Gasteiger partial charge in [0.15, 0.2) is 5.17 Å². The minimum atomic E-state index is 0.561. The number of aromatic nitrogens is 1. The number of amidine groups is 1. The molecule has 0 amide bonds. The van der Waals surface area contributed by atoms with Gasteiger partial charge in [-0.15, -0.1) is 0 Å². The lowest BCUT2D eigenvalue weighted by Crippen LogP contribution is -2.07. The Labute approximate surface area is 129 Å². The second-order valence-electron chi connectivity index (χ2n) is 4.80. The van der Waals surface area contributed by atoms with E-state index in [0.717, 1.165) is 30.0 Å². The summed E-state index contributed by atoms with van der Waals surface area (Å²) >= 11 is 1.48. The molecule has 5 heteroatoms. The summed E-state index contributed by atoms with van der Waals surface area (Å²) in [5.41, 5.74) is 10.4. The fourth-order valence-corrected chi connectivity index (χ4v) is 2.72. The normalized spacial score (nSPS) is 11.9. The molecule has 112 valence electrons. The number of hydrogen-bond acceptors (Lipinski definition) is 4. The SMILES string of the molecule is CCc1cccc(CC)c1N=C(N)SCc1cc(C)on1. The van der Waals surface area contributed by atoms with E-state index in [0.29, 0.717) is 10.9 Å². The van der Waals surface area contributed by atoms with E-state index in [4.69, 9.17) is 10.3 Å². The molecule has 0 aliphatic rings. The van der Waals surface area contributed by atoms with E-state index in [1.807, 2.05) is 13.0 Å². The first kappa shape index (κ1) is 15.6. The van der Waals surface area contributed by atoms with Gasteiger partial charge in [-0.1, -0.05) is 49.0 Å². The number of aryl methyl sites for hydroxylation is 3. The van der Waals surface area contributed by atoms with E-state index >= 15 is 0 Å². The van der Waals surface area contributed by atoms with Crippen LogP contribution in [-0.4, -0.2) is 10.3 Å². The van der Waals surface area contributed by atoms with Gasteiger partial charge < -0.3 is 10.3 Å². The van der Waals surface area contributed by atoms with Gasteiger partial charge in [0.05, 0.1) is 11.4 Å². The van der Waals surface area contributed by atoms with Crippen LogP contribution in [0.4, 0.5) is 5.69 Å². The molecule has 1 aromatic heterocycles. The summed E-state index contributed by atoms with van der Waals surface area (Å²) in [6.45, 7) is 6.15. The summed E-state index contributed by atoms with van der Waals surface area (Å²) in [5.74, 6) is 1.48. The van der Waals surface area contributed by atoms with Gasteiger partial charge in [-0.3, -0.25) is 0 Å². The Morgan fingerprint density at radius 1 is 1.29 bits per heavy atom. The molecule has 1 heterocycles. The number of nitrogens with two attached hydrogens (primary N) is 1. The van der Waals surface area contributed by atoms with Crippen molar-refractivity contribution in [2.45, 2.75) is 39.4 Å². The lowest BCUT2D eigenvalue weighted by atomic mass is 10.0. The van der Waals surface area contributed by atoms with Crippen molar-refractivity contribution in [3.63, 3.8) is 0 Å². The van der Waals surface area contributed by atoms with Gasteiger partial charge in [0.2, 0.25) is 0 Å². The predicted octanol–water partition coefficient (Wildman–Crippen LogP) is 3.99. The minimum Gasteiger partial charge on any atom is -0.378 e. The van der Waals surface area contributed by atoms with Crippen LogP contribution in [0.3, 0.4) is 0 Å². The van der Waals surface area contributed by atoms with Gasteiger partial charge in [-0.25, -0.2) is 4.99 Å². The average Bonchev–Trinajstić information content (AvgIpc) is 2.91. The van der Waals surface area contributed by atoms with Gasteiger partial charge in [0, 0.05) is 11.8 Å². The quantitative estimate of drug-likeness (QED) is 0.670. The summed E-state index contributed by atoms with van der Waals surface area (Å²) in [4.78, 5) is 4.62. The molecule has 2 rings (SSSR count). The molecule has 0 saturated heterocycles. The van der Waals surface area contributed by atoms with E-state index < -0.39 is 0 Å². The van der Waals surface area contributed by atoms with Crippen LogP contribution in [0.15, 0.2) is 33.8 Å². The highest BCUT2D eigenvalue weighted by atomic mass is 32.2. The maximum Gasteiger partial charge on any atom is 0.159 e. The number of nitrogens with zero attached hydrogens (tertiary/aromatic N) is 2. The summed E-state index contributed by atoms with van der Waals surface area (Å²) in [7, 11) is 0. The van der Waals surface area contributed by atoms with Crippen molar-refractivity contribution in [2.24, 2.45) is 10.7 Å². The van der Waals surface area contributed by atoms with Crippen molar-refractivity contribution < 1.29 is 4.52 Å². The third-order valence-corrected chi connectivity index (χ3v) is 4.06. The van der Waals surface area contributed by atoms with Crippen molar-refractivity contribution in [1.82, 2.24) is 5.16 Å². The number of para-hydroxylation sites is 1. The zero-order valence-corrected chi connectivity index (χ0v) is 13.5. The second-order valence-corrected chi connectivity index (χ2v) is 5.80. The molecule has 0 fully saturated rings. The van der Waals surface area contributed by atoms with E-state index in [1.165, 1.54) is 22.9 Å². The summed E-state index contributed by atoms with van der Waals surface area (Å²) in [5, 5.41) is 4.52. The fraction of sp³-hybridized carbons (Fsp3) is 0.375. The molecule has 4 nitrogen and oxygen atoms in total. The minimum absolute atomic E-state index is 0.561. The second kappa shape index (κ2) is 7.31. The molecule has 2 aromatic rings. The van der Waals surface area contributed by atoms with Gasteiger partial charge >= 0.3 is 0 Å². The summed E-state index contributed by atoms with van der Waals surface area (Å²) < 4.78 is 5.04. The maximum absolute atomic E-state index is 6.06. The number of rotatable bonds is 5. The van der Waals surface area contributed by atoms with E-state index in [1.54, 1.807) is 0 Å². The van der Waals surface area contributed by atoms with Crippen molar-refractivity contribution in [3.05, 3.63) is 46.8 Å². The van der Waals surface area contributed by atoms with Crippen molar-refractivity contribution in [1.29, 1.82) is 0 Å². The number of thioether (sulfide) groups is 1. The van der Waals surface area contributed by atoms with Crippen LogP contribution >= 0.6 is 11.8 Å². The Morgan fingerprint density at radius 2 is 1.95 bits per heavy atom. The lowest BCUT2D eigenvalue weighted by Gasteiger charge is -2.09. The number of aliphatic imine (C=N–C) groups is 1. The molecule has 0 saturated carbocycles. The Morgan fingerprint density at radius 3 is 2.48 bits per heavy atom. The zero-order valence-electron chi connectivity index (χ0n) is 12.7. The highest BCUT2D eigenvalue weighted by Crippen LogP contribution is 2.27. The van der Waals surface area contributed by atoms with Crippen LogP contribution < -0.4 is 5.73 Å². The third-order valence-electron chi connectivity index (χ3n) is 3.23. The zero-order chi connectivity index (χ0) is 15.2. The monoisotopic (exact) mass is 303 g/mol. The predicted molar refractivity (Wildman–Crippen MR) is 89.0 cm³/mol. The Bertz CT molecular complexity index is 612. The Kier molecular flexibility index (Phi) is 5.44. The first-order valence-electron chi connectivity index (χ1n) is 7.14. The molecule has 21 heavy (non-hydrogen) atoms. The molecule has 0 aliphatic heterocycles. The molecule has 1 aromatic carbocycles. The van der Waals surface area contributed by atoms with Crippen LogP contribution in [0.25, 0.3) is 0 Å². The van der Waals surface area contributed by atoms with Crippen LogP contribution in [0.5, 0.6) is 0 Å². The molecule has 0 atom stereocenters. The Balaban J connectivity index is 2.14. The van der Waals surface area contributed by atoms with Gasteiger partial charge in [0.1, 0.15) is 5.76 Å².